The van der Waals surface area contributed by atoms with E-state index >= 15 is 0 Å². The van der Waals surface area contributed by atoms with E-state index in [4.69, 9.17) is 17.0 Å². The van der Waals surface area contributed by atoms with Crippen molar-refractivity contribution >= 4 is 38.1 Å². The van der Waals surface area contributed by atoms with Gasteiger partial charge >= 0.3 is 0 Å². The van der Waals surface area contributed by atoms with Crippen molar-refractivity contribution in [3.63, 3.8) is 0 Å². The minimum absolute atomic E-state index is 0.0135. The van der Waals surface area contributed by atoms with Crippen molar-refractivity contribution < 1.29 is 8.42 Å². The van der Waals surface area contributed by atoms with Gasteiger partial charge in [0.1, 0.15) is 21.7 Å². The number of nitrogens with one attached hydrogen (secondary N) is 1. The van der Waals surface area contributed by atoms with Crippen LogP contribution in [0.4, 0.5) is 0 Å². The molecule has 0 saturated heterocycles. The zero-order valence-corrected chi connectivity index (χ0v) is 19.4. The summed E-state index contributed by atoms with van der Waals surface area (Å²) in [5.41, 5.74) is 1.08. The fraction of sp³-hybridized carbons (Fsp3) is 0.261. The molecule has 0 saturated carbocycles. The van der Waals surface area contributed by atoms with Crippen molar-refractivity contribution in [2.75, 3.05) is 0 Å². The summed E-state index contributed by atoms with van der Waals surface area (Å²) in [6.45, 7) is 4.32. The molecule has 0 aliphatic heterocycles. The minimum Gasteiger partial charge on any atom is -0.310 e. The Balaban J connectivity index is 2.07. The van der Waals surface area contributed by atoms with Crippen molar-refractivity contribution in [3.8, 4) is 0 Å². The maximum Gasteiger partial charge on any atom is 0.267 e. The van der Waals surface area contributed by atoms with Crippen LogP contribution >= 0.6 is 11.6 Å². The Labute approximate surface area is 190 Å². The first-order valence-corrected chi connectivity index (χ1v) is 12.2. The molecule has 3 aromatic heterocycles. The van der Waals surface area contributed by atoms with Gasteiger partial charge < -0.3 is 4.57 Å². The van der Waals surface area contributed by atoms with Gasteiger partial charge in [-0.25, -0.2) is 13.4 Å². The molecule has 1 N–H and O–H groups in total. The van der Waals surface area contributed by atoms with E-state index in [1.807, 2.05) is 13.0 Å². The summed E-state index contributed by atoms with van der Waals surface area (Å²) in [6.07, 6.45) is 4.29. The third-order valence-electron chi connectivity index (χ3n) is 5.42. The Morgan fingerprint density at radius 1 is 1.09 bits per heavy atom. The topological polar surface area (TPSA) is 97.3 Å². The second-order valence-corrected chi connectivity index (χ2v) is 10.1. The van der Waals surface area contributed by atoms with Gasteiger partial charge in [0.2, 0.25) is 9.84 Å². The van der Waals surface area contributed by atoms with Gasteiger partial charge in [0.15, 0.2) is 0 Å². The van der Waals surface area contributed by atoms with E-state index in [-0.39, 0.29) is 26.2 Å². The first-order valence-electron chi connectivity index (χ1n) is 10.4. The molecule has 0 unspecified atom stereocenters. The third kappa shape index (κ3) is 3.84. The van der Waals surface area contributed by atoms with Gasteiger partial charge in [-0.2, -0.15) is 0 Å². The molecule has 0 atom stereocenters. The van der Waals surface area contributed by atoms with E-state index in [1.54, 1.807) is 12.3 Å². The van der Waals surface area contributed by atoms with E-state index in [1.165, 1.54) is 39.3 Å². The quantitative estimate of drug-likeness (QED) is 0.338. The maximum atomic E-state index is 13.4. The average molecular weight is 471 g/mol. The molecule has 0 spiro atoms. The normalized spacial score (nSPS) is 12.0. The number of rotatable bonds is 6. The van der Waals surface area contributed by atoms with E-state index in [0.29, 0.717) is 22.9 Å². The summed E-state index contributed by atoms with van der Waals surface area (Å²) in [5, 5.41) is 9.30. The molecule has 1 aromatic carbocycles. The van der Waals surface area contributed by atoms with Crippen LogP contribution in [0, 0.1) is 12.3 Å². The SMILES string of the molecule is CCCCCn1c(=N)c(S(=O)(=O)c2ccc(Cl)cc2)cc2c(=O)n3cc(C)ccc3nc21. The van der Waals surface area contributed by atoms with Gasteiger partial charge in [-0.3, -0.25) is 14.6 Å². The summed E-state index contributed by atoms with van der Waals surface area (Å²) in [5.74, 6) is 0. The van der Waals surface area contributed by atoms with Crippen LogP contribution in [0.1, 0.15) is 31.7 Å². The lowest BCUT2D eigenvalue weighted by molar-refractivity contribution is 0.570. The molecule has 4 rings (SSSR count). The minimum atomic E-state index is -4.05. The van der Waals surface area contributed by atoms with Gasteiger partial charge in [0.05, 0.1) is 10.3 Å². The van der Waals surface area contributed by atoms with Gasteiger partial charge in [-0.05, 0) is 55.3 Å². The maximum absolute atomic E-state index is 13.4. The Kier molecular flexibility index (Phi) is 5.92. The lowest BCUT2D eigenvalue weighted by atomic mass is 10.2. The number of aryl methyl sites for hydroxylation is 2. The molecular weight excluding hydrogens is 448 g/mol. The van der Waals surface area contributed by atoms with E-state index in [2.05, 4.69) is 11.9 Å². The van der Waals surface area contributed by atoms with Gasteiger partial charge in [0, 0.05) is 17.8 Å². The highest BCUT2D eigenvalue weighted by atomic mass is 35.5. The van der Waals surface area contributed by atoms with Crippen molar-refractivity contribution in [2.45, 2.75) is 49.4 Å². The molecule has 32 heavy (non-hydrogen) atoms. The Hall–Kier alpha value is -2.97. The predicted octanol–water partition coefficient (Wildman–Crippen LogP) is 4.11. The highest BCUT2D eigenvalue weighted by molar-refractivity contribution is 7.91. The van der Waals surface area contributed by atoms with Crippen molar-refractivity contribution in [1.29, 1.82) is 5.41 Å². The van der Waals surface area contributed by atoms with Gasteiger partial charge in [-0.15, -0.1) is 0 Å². The number of unbranched alkanes of at least 4 members (excludes halogenated alkanes) is 2. The number of fused-ring (bicyclic) bond motifs is 2. The molecule has 9 heteroatoms. The lowest BCUT2D eigenvalue weighted by Crippen LogP contribution is -2.30. The van der Waals surface area contributed by atoms with Crippen LogP contribution in [0.2, 0.25) is 5.02 Å². The van der Waals surface area contributed by atoms with Crippen LogP contribution in [0.15, 0.2) is 63.2 Å². The molecular formula is C23H23ClN4O3S. The number of hydrogen-bond donors (Lipinski definition) is 1. The second-order valence-electron chi connectivity index (χ2n) is 7.76. The number of pyridine rings is 2. The molecule has 0 amide bonds. The molecule has 3 heterocycles. The number of halogens is 1. The summed E-state index contributed by atoms with van der Waals surface area (Å²) in [6, 6.07) is 10.7. The van der Waals surface area contributed by atoms with Gasteiger partial charge in [-0.1, -0.05) is 37.4 Å². The Morgan fingerprint density at radius 3 is 2.50 bits per heavy atom. The monoisotopic (exact) mass is 470 g/mol. The number of aromatic nitrogens is 3. The van der Waals surface area contributed by atoms with Crippen LogP contribution in [-0.4, -0.2) is 22.4 Å². The largest absolute Gasteiger partial charge is 0.310 e. The average Bonchev–Trinajstić information content (AvgIpc) is 2.76. The number of benzene rings is 1. The van der Waals surface area contributed by atoms with Crippen LogP contribution in [0.3, 0.4) is 0 Å². The summed E-state index contributed by atoms with van der Waals surface area (Å²) < 4.78 is 29.8. The zero-order chi connectivity index (χ0) is 23.0. The Morgan fingerprint density at radius 2 is 1.81 bits per heavy atom. The van der Waals surface area contributed by atoms with Crippen molar-refractivity contribution in [3.05, 3.63) is 75.1 Å². The van der Waals surface area contributed by atoms with Crippen molar-refractivity contribution in [1.82, 2.24) is 14.0 Å². The molecule has 7 nitrogen and oxygen atoms in total. The zero-order valence-electron chi connectivity index (χ0n) is 17.8. The fourth-order valence-electron chi connectivity index (χ4n) is 3.70. The van der Waals surface area contributed by atoms with E-state index in [0.717, 1.165) is 24.8 Å². The third-order valence-corrected chi connectivity index (χ3v) is 7.45. The second kappa shape index (κ2) is 8.52. The smallest absolute Gasteiger partial charge is 0.267 e. The standard InChI is InChI=1S/C23H23ClN4O3S/c1-3-4-5-12-27-21(25)19(32(30,31)17-9-7-16(24)8-10-17)13-18-22(27)26-20-11-6-15(2)14-28(20)23(18)29/h6-11,13-14,25H,3-5,12H2,1-2H3. The molecule has 0 aliphatic carbocycles. The van der Waals surface area contributed by atoms with Crippen LogP contribution < -0.4 is 11.0 Å². The lowest BCUT2D eigenvalue weighted by Gasteiger charge is -2.15. The number of hydrogen-bond acceptors (Lipinski definition) is 5. The predicted molar refractivity (Wildman–Crippen MR) is 124 cm³/mol. The highest BCUT2D eigenvalue weighted by Gasteiger charge is 2.24. The first kappa shape index (κ1) is 22.2. The van der Waals surface area contributed by atoms with Crippen LogP contribution in [0.5, 0.6) is 0 Å². The number of sulfone groups is 1. The molecule has 0 bridgehead atoms. The molecule has 0 radical (unpaired) electrons. The van der Waals surface area contributed by atoms with Crippen molar-refractivity contribution in [2.24, 2.45) is 0 Å². The molecule has 0 fully saturated rings. The fourth-order valence-corrected chi connectivity index (χ4v) is 5.21. The van der Waals surface area contributed by atoms with Crippen LogP contribution in [0.25, 0.3) is 16.7 Å². The summed E-state index contributed by atoms with van der Waals surface area (Å²) in [7, 11) is -4.05. The van der Waals surface area contributed by atoms with E-state index < -0.39 is 9.84 Å². The highest BCUT2D eigenvalue weighted by Crippen LogP contribution is 2.22. The van der Waals surface area contributed by atoms with Gasteiger partial charge in [0.25, 0.3) is 5.56 Å². The number of nitrogens with zero attached hydrogens (tertiary/aromatic N) is 3. The Bertz CT molecular complexity index is 1560. The van der Waals surface area contributed by atoms with E-state index in [9.17, 15) is 13.2 Å². The summed E-state index contributed by atoms with van der Waals surface area (Å²) in [4.78, 5) is 17.7. The molecule has 0 aliphatic rings. The first-order chi connectivity index (χ1) is 15.2. The van der Waals surface area contributed by atoms with Crippen LogP contribution in [-0.2, 0) is 16.4 Å². The molecule has 4 aromatic rings. The summed E-state index contributed by atoms with van der Waals surface area (Å²) >= 11 is 5.91. The molecule has 166 valence electrons.